The van der Waals surface area contributed by atoms with Crippen molar-refractivity contribution in [3.05, 3.63) is 12.4 Å². The minimum Gasteiger partial charge on any atom is -0.348 e. The first-order valence-corrected chi connectivity index (χ1v) is 2.82. The van der Waals surface area contributed by atoms with Gasteiger partial charge in [0.2, 0.25) is 0 Å². The van der Waals surface area contributed by atoms with E-state index in [9.17, 15) is 9.18 Å². The number of hydrogen-bond acceptors (Lipinski definition) is 3. The third-order valence-electron chi connectivity index (χ3n) is 1.22. The van der Waals surface area contributed by atoms with Crippen LogP contribution in [0.3, 0.4) is 0 Å². The van der Waals surface area contributed by atoms with E-state index < -0.39 is 11.6 Å². The minimum atomic E-state index is -2.09. The van der Waals surface area contributed by atoms with Gasteiger partial charge >= 0.3 is 0 Å². The second kappa shape index (κ2) is 2.21. The smallest absolute Gasteiger partial charge is 0.274 e. The molecule has 0 bridgehead atoms. The van der Waals surface area contributed by atoms with Gasteiger partial charge in [0.1, 0.15) is 0 Å². The molecule has 0 spiro atoms. The summed E-state index contributed by atoms with van der Waals surface area (Å²) in [7, 11) is 0. The molecular formula is C6H7FN2O. The van der Waals surface area contributed by atoms with Gasteiger partial charge in [-0.1, -0.05) is 0 Å². The van der Waals surface area contributed by atoms with E-state index in [0.29, 0.717) is 0 Å². The SMILES string of the molecule is CC(=O)C1(F)C=NC=CN1. The van der Waals surface area contributed by atoms with Crippen LogP contribution in [-0.2, 0) is 4.79 Å². The Bertz CT molecular complexity index is 212. The molecule has 1 aliphatic rings. The minimum absolute atomic E-state index is 0.597. The lowest BCUT2D eigenvalue weighted by molar-refractivity contribution is -0.125. The standard InChI is InChI=1S/C6H7FN2O/c1-5(10)6(7)4-8-2-3-9-6/h2-4,9H,1H3. The van der Waals surface area contributed by atoms with Gasteiger partial charge in [-0.25, -0.2) is 4.39 Å². The molecule has 0 radical (unpaired) electrons. The zero-order valence-electron chi connectivity index (χ0n) is 5.47. The topological polar surface area (TPSA) is 41.5 Å². The number of ketones is 1. The van der Waals surface area contributed by atoms with Crippen molar-refractivity contribution in [3.8, 4) is 0 Å². The molecule has 0 aromatic rings. The van der Waals surface area contributed by atoms with E-state index in [0.717, 1.165) is 13.1 Å². The summed E-state index contributed by atoms with van der Waals surface area (Å²) in [5.74, 6) is -2.69. The fourth-order valence-corrected chi connectivity index (χ4v) is 0.577. The van der Waals surface area contributed by atoms with Crippen molar-refractivity contribution in [2.45, 2.75) is 12.7 Å². The number of carbonyl (C=O) groups is 1. The molecule has 0 aromatic heterocycles. The van der Waals surface area contributed by atoms with Crippen molar-refractivity contribution in [1.82, 2.24) is 5.32 Å². The summed E-state index contributed by atoms with van der Waals surface area (Å²) in [5.41, 5.74) is 0. The lowest BCUT2D eigenvalue weighted by Gasteiger charge is -2.18. The molecule has 1 aliphatic heterocycles. The summed E-state index contributed by atoms with van der Waals surface area (Å²) in [6.07, 6.45) is 3.61. The number of halogens is 1. The van der Waals surface area contributed by atoms with Gasteiger partial charge in [0, 0.05) is 19.3 Å². The van der Waals surface area contributed by atoms with E-state index >= 15 is 0 Å². The van der Waals surface area contributed by atoms with Crippen molar-refractivity contribution in [1.29, 1.82) is 0 Å². The third kappa shape index (κ3) is 1.05. The third-order valence-corrected chi connectivity index (χ3v) is 1.22. The number of nitrogens with zero attached hydrogens (tertiary/aromatic N) is 1. The lowest BCUT2D eigenvalue weighted by atomic mass is 10.2. The Kier molecular flexibility index (Phi) is 1.53. The fourth-order valence-electron chi connectivity index (χ4n) is 0.577. The Morgan fingerprint density at radius 2 is 2.50 bits per heavy atom. The van der Waals surface area contributed by atoms with Crippen LogP contribution in [0.15, 0.2) is 17.4 Å². The summed E-state index contributed by atoms with van der Waals surface area (Å²) < 4.78 is 13.0. The van der Waals surface area contributed by atoms with E-state index in [2.05, 4.69) is 10.3 Å². The first kappa shape index (κ1) is 6.92. The summed E-state index contributed by atoms with van der Waals surface area (Å²) in [5, 5.41) is 2.25. The molecular weight excluding hydrogens is 135 g/mol. The summed E-state index contributed by atoms with van der Waals surface area (Å²) in [6.45, 7) is 1.16. The molecule has 10 heavy (non-hydrogen) atoms. The van der Waals surface area contributed by atoms with Crippen LogP contribution >= 0.6 is 0 Å². The normalized spacial score (nSPS) is 29.8. The van der Waals surface area contributed by atoms with Crippen LogP contribution in [0.25, 0.3) is 0 Å². The van der Waals surface area contributed by atoms with Gasteiger partial charge in [-0.05, 0) is 0 Å². The van der Waals surface area contributed by atoms with Crippen LogP contribution in [0.1, 0.15) is 6.92 Å². The van der Waals surface area contributed by atoms with Gasteiger partial charge in [0.25, 0.3) is 5.79 Å². The van der Waals surface area contributed by atoms with Gasteiger partial charge in [-0.2, -0.15) is 0 Å². The molecule has 4 heteroatoms. The van der Waals surface area contributed by atoms with E-state index in [-0.39, 0.29) is 0 Å². The Hall–Kier alpha value is -1.19. The van der Waals surface area contributed by atoms with E-state index in [1.807, 2.05) is 0 Å². The summed E-state index contributed by atoms with van der Waals surface area (Å²) in [6, 6.07) is 0. The molecule has 54 valence electrons. The number of rotatable bonds is 1. The van der Waals surface area contributed by atoms with Gasteiger partial charge in [-0.15, -0.1) is 0 Å². The largest absolute Gasteiger partial charge is 0.348 e. The maximum Gasteiger partial charge on any atom is 0.274 e. The zero-order chi connectivity index (χ0) is 7.61. The first-order chi connectivity index (χ1) is 4.65. The molecule has 0 saturated heterocycles. The average molecular weight is 142 g/mol. The van der Waals surface area contributed by atoms with Gasteiger partial charge < -0.3 is 5.32 Å². The Morgan fingerprint density at radius 1 is 1.80 bits per heavy atom. The van der Waals surface area contributed by atoms with Crippen LogP contribution in [0, 0.1) is 0 Å². The molecule has 1 rings (SSSR count). The number of alkyl halides is 1. The van der Waals surface area contributed by atoms with E-state index in [1.165, 1.54) is 12.4 Å². The molecule has 0 saturated carbocycles. The predicted molar refractivity (Wildman–Crippen MR) is 35.3 cm³/mol. The van der Waals surface area contributed by atoms with Crippen molar-refractivity contribution in [2.24, 2.45) is 4.99 Å². The fraction of sp³-hybridized carbons (Fsp3) is 0.333. The molecule has 0 fully saturated rings. The molecule has 1 unspecified atom stereocenters. The van der Waals surface area contributed by atoms with Gasteiger partial charge in [0.15, 0.2) is 5.78 Å². The predicted octanol–water partition coefficient (Wildman–Crippen LogP) is 0.386. The molecule has 1 heterocycles. The quantitative estimate of drug-likeness (QED) is 0.538. The zero-order valence-corrected chi connectivity index (χ0v) is 5.47. The second-order valence-corrected chi connectivity index (χ2v) is 2.01. The summed E-state index contributed by atoms with van der Waals surface area (Å²) >= 11 is 0. The number of carbonyl (C=O) groups excluding carboxylic acids is 1. The highest BCUT2D eigenvalue weighted by molar-refractivity contribution is 6.01. The average Bonchev–Trinajstić information content (AvgIpc) is 1.89. The molecule has 0 amide bonds. The Labute approximate surface area is 57.6 Å². The van der Waals surface area contributed by atoms with Crippen molar-refractivity contribution >= 4 is 12.0 Å². The summed E-state index contributed by atoms with van der Waals surface area (Å²) in [4.78, 5) is 14.0. The van der Waals surface area contributed by atoms with Crippen molar-refractivity contribution < 1.29 is 9.18 Å². The van der Waals surface area contributed by atoms with Gasteiger partial charge in [-0.3, -0.25) is 9.79 Å². The highest BCUT2D eigenvalue weighted by Crippen LogP contribution is 2.07. The second-order valence-electron chi connectivity index (χ2n) is 2.01. The lowest BCUT2D eigenvalue weighted by Crippen LogP contribution is -2.46. The Balaban J connectivity index is 2.80. The monoisotopic (exact) mass is 142 g/mol. The molecule has 1 N–H and O–H groups in total. The van der Waals surface area contributed by atoms with E-state index in [4.69, 9.17) is 0 Å². The molecule has 3 nitrogen and oxygen atoms in total. The van der Waals surface area contributed by atoms with Crippen molar-refractivity contribution in [2.75, 3.05) is 0 Å². The number of aliphatic imine (C=N–C) groups is 1. The Morgan fingerprint density at radius 3 is 2.80 bits per heavy atom. The van der Waals surface area contributed by atoms with Crippen LogP contribution in [0.5, 0.6) is 0 Å². The molecule has 0 aliphatic carbocycles. The van der Waals surface area contributed by atoms with Crippen LogP contribution in [0.4, 0.5) is 4.39 Å². The highest BCUT2D eigenvalue weighted by Gasteiger charge is 2.32. The molecule has 0 aromatic carbocycles. The molecule has 1 atom stereocenters. The van der Waals surface area contributed by atoms with Crippen molar-refractivity contribution in [3.63, 3.8) is 0 Å². The van der Waals surface area contributed by atoms with Crippen LogP contribution in [0.2, 0.25) is 0 Å². The number of nitrogens with one attached hydrogen (secondary N) is 1. The maximum atomic E-state index is 13.0. The van der Waals surface area contributed by atoms with Crippen LogP contribution < -0.4 is 5.32 Å². The highest BCUT2D eigenvalue weighted by atomic mass is 19.1. The van der Waals surface area contributed by atoms with Crippen LogP contribution in [-0.4, -0.2) is 17.8 Å². The number of Topliss-reactive ketones (excluding diaryl/α,β-unsaturated/α-hetero) is 1. The van der Waals surface area contributed by atoms with E-state index in [1.54, 1.807) is 0 Å². The maximum absolute atomic E-state index is 13.0. The number of hydrogen-bond donors (Lipinski definition) is 1. The first-order valence-electron chi connectivity index (χ1n) is 2.82. The van der Waals surface area contributed by atoms with Gasteiger partial charge in [0.05, 0.1) is 6.21 Å².